The van der Waals surface area contributed by atoms with Crippen molar-refractivity contribution >= 4 is 23.4 Å². The van der Waals surface area contributed by atoms with Crippen molar-refractivity contribution in [1.82, 2.24) is 20.8 Å². The fourth-order valence-corrected chi connectivity index (χ4v) is 2.43. The Hall–Kier alpha value is -3.46. The monoisotopic (exact) mass is 418 g/mol. The summed E-state index contributed by atoms with van der Waals surface area (Å²) in [7, 11) is 0. The Morgan fingerprint density at radius 2 is 1.79 bits per heavy atom. The van der Waals surface area contributed by atoms with Crippen molar-refractivity contribution in [2.24, 2.45) is 0 Å². The summed E-state index contributed by atoms with van der Waals surface area (Å²) in [5.74, 6) is -1.01. The molecule has 0 saturated carbocycles. The molecule has 3 aromatic rings. The van der Waals surface area contributed by atoms with Crippen molar-refractivity contribution in [2.45, 2.75) is 0 Å². The predicted octanol–water partition coefficient (Wildman–Crippen LogP) is 2.45. The predicted molar refractivity (Wildman–Crippen MR) is 102 cm³/mol. The van der Waals surface area contributed by atoms with E-state index in [1.807, 2.05) is 0 Å². The summed E-state index contributed by atoms with van der Waals surface area (Å²) < 4.78 is 23.2. The quantitative estimate of drug-likeness (QED) is 0.544. The first-order valence-corrected chi connectivity index (χ1v) is 8.92. The molecule has 0 aliphatic carbocycles. The van der Waals surface area contributed by atoms with Crippen LogP contribution in [0.3, 0.4) is 0 Å². The van der Waals surface area contributed by atoms with Gasteiger partial charge in [-0.05, 0) is 36.4 Å². The molecule has 29 heavy (non-hydrogen) atoms. The third-order valence-electron chi connectivity index (χ3n) is 3.65. The Morgan fingerprint density at radius 3 is 2.55 bits per heavy atom. The second-order valence-corrected chi connectivity index (χ2v) is 6.16. The van der Waals surface area contributed by atoms with Crippen molar-refractivity contribution in [2.75, 3.05) is 19.7 Å². The third-order valence-corrected chi connectivity index (χ3v) is 3.96. The molecule has 0 bridgehead atoms. The van der Waals surface area contributed by atoms with Gasteiger partial charge >= 0.3 is 11.8 Å². The number of halogens is 2. The Bertz CT molecular complexity index is 994. The van der Waals surface area contributed by atoms with Crippen LogP contribution in [0.25, 0.3) is 11.4 Å². The van der Waals surface area contributed by atoms with E-state index in [1.165, 1.54) is 24.3 Å². The summed E-state index contributed by atoms with van der Waals surface area (Å²) in [5.41, 5.74) is 0.514. The van der Waals surface area contributed by atoms with Gasteiger partial charge in [0.2, 0.25) is 5.82 Å². The van der Waals surface area contributed by atoms with Gasteiger partial charge in [0.05, 0.1) is 5.02 Å². The number of amides is 2. The standard InChI is InChI=1S/C19H16ClFN4O4/c20-14-3-1-2-4-15(14)28-11-16(26)22-9-10-23-18(27)19-24-17(25-29-19)12-5-7-13(21)8-6-12/h1-8H,9-11H2,(H,22,26)(H,23,27). The molecule has 0 spiro atoms. The number of benzene rings is 2. The summed E-state index contributed by atoms with van der Waals surface area (Å²) in [5, 5.41) is 9.23. The smallest absolute Gasteiger partial charge is 0.316 e. The molecular weight excluding hydrogens is 403 g/mol. The minimum absolute atomic E-state index is 0.144. The fraction of sp³-hybridized carbons (Fsp3) is 0.158. The van der Waals surface area contributed by atoms with Gasteiger partial charge in [-0.3, -0.25) is 9.59 Å². The summed E-state index contributed by atoms with van der Waals surface area (Å²) in [6.45, 7) is 0.114. The van der Waals surface area contributed by atoms with Crippen LogP contribution in [0.1, 0.15) is 10.7 Å². The van der Waals surface area contributed by atoms with E-state index in [2.05, 4.69) is 20.8 Å². The van der Waals surface area contributed by atoms with Gasteiger partial charge in [-0.1, -0.05) is 28.9 Å². The molecule has 0 atom stereocenters. The van der Waals surface area contributed by atoms with Crippen LogP contribution >= 0.6 is 11.6 Å². The van der Waals surface area contributed by atoms with Crippen molar-refractivity contribution in [3.63, 3.8) is 0 Å². The van der Waals surface area contributed by atoms with Gasteiger partial charge in [-0.2, -0.15) is 4.98 Å². The molecule has 0 aliphatic rings. The van der Waals surface area contributed by atoms with E-state index >= 15 is 0 Å². The second kappa shape index (κ2) is 9.65. The van der Waals surface area contributed by atoms with E-state index in [9.17, 15) is 14.0 Å². The van der Waals surface area contributed by atoms with Crippen LogP contribution in [-0.4, -0.2) is 41.7 Å². The summed E-state index contributed by atoms with van der Waals surface area (Å²) in [4.78, 5) is 27.7. The normalized spacial score (nSPS) is 10.4. The first kappa shape index (κ1) is 20.3. The van der Waals surface area contributed by atoms with Crippen molar-refractivity contribution in [3.05, 3.63) is 65.3 Å². The maximum atomic E-state index is 12.9. The minimum Gasteiger partial charge on any atom is -0.482 e. The summed E-state index contributed by atoms with van der Waals surface area (Å²) >= 11 is 5.93. The van der Waals surface area contributed by atoms with Crippen LogP contribution in [0.5, 0.6) is 5.75 Å². The molecule has 1 heterocycles. The maximum absolute atomic E-state index is 12.9. The lowest BCUT2D eigenvalue weighted by molar-refractivity contribution is -0.123. The lowest BCUT2D eigenvalue weighted by atomic mass is 10.2. The molecule has 8 nitrogen and oxygen atoms in total. The SMILES string of the molecule is O=C(COc1ccccc1Cl)NCCNC(=O)c1nc(-c2ccc(F)cc2)no1. The minimum atomic E-state index is -0.590. The number of para-hydroxylation sites is 1. The fourth-order valence-electron chi connectivity index (χ4n) is 2.24. The van der Waals surface area contributed by atoms with E-state index < -0.39 is 11.7 Å². The highest BCUT2D eigenvalue weighted by Gasteiger charge is 2.16. The van der Waals surface area contributed by atoms with Crippen LogP contribution in [0.15, 0.2) is 53.1 Å². The number of ether oxygens (including phenoxy) is 1. The molecule has 3 rings (SSSR count). The van der Waals surface area contributed by atoms with Crippen molar-refractivity contribution < 1.29 is 23.2 Å². The van der Waals surface area contributed by atoms with E-state index in [1.54, 1.807) is 24.3 Å². The molecule has 2 aromatic carbocycles. The average Bonchev–Trinajstić information content (AvgIpc) is 3.21. The van der Waals surface area contributed by atoms with Gasteiger partial charge < -0.3 is 19.9 Å². The number of aromatic nitrogens is 2. The van der Waals surface area contributed by atoms with E-state index in [4.69, 9.17) is 20.9 Å². The zero-order chi connectivity index (χ0) is 20.6. The molecule has 2 amide bonds. The molecule has 0 radical (unpaired) electrons. The number of carbonyl (C=O) groups excluding carboxylic acids is 2. The number of hydrogen-bond acceptors (Lipinski definition) is 6. The largest absolute Gasteiger partial charge is 0.482 e. The molecular formula is C19H16ClFN4O4. The lowest BCUT2D eigenvalue weighted by Gasteiger charge is -2.08. The molecule has 2 N–H and O–H groups in total. The van der Waals surface area contributed by atoms with Crippen LogP contribution in [-0.2, 0) is 4.79 Å². The molecule has 0 aliphatic heterocycles. The summed E-state index contributed by atoms with van der Waals surface area (Å²) in [6.07, 6.45) is 0. The molecule has 10 heteroatoms. The van der Waals surface area contributed by atoms with E-state index in [0.717, 1.165) is 0 Å². The van der Waals surface area contributed by atoms with E-state index in [0.29, 0.717) is 16.3 Å². The van der Waals surface area contributed by atoms with Gasteiger partial charge in [0.15, 0.2) is 6.61 Å². The van der Waals surface area contributed by atoms with E-state index in [-0.39, 0.29) is 37.3 Å². The average molecular weight is 419 g/mol. The molecule has 0 unspecified atom stereocenters. The van der Waals surface area contributed by atoms with Crippen LogP contribution in [0, 0.1) is 5.82 Å². The maximum Gasteiger partial charge on any atom is 0.316 e. The van der Waals surface area contributed by atoms with Gasteiger partial charge in [-0.25, -0.2) is 4.39 Å². The van der Waals surface area contributed by atoms with Gasteiger partial charge in [0.25, 0.3) is 5.91 Å². The molecule has 0 fully saturated rings. The number of nitrogens with zero attached hydrogens (tertiary/aromatic N) is 2. The number of hydrogen-bond donors (Lipinski definition) is 2. The first-order chi connectivity index (χ1) is 14.0. The van der Waals surface area contributed by atoms with Gasteiger partial charge in [0.1, 0.15) is 11.6 Å². The Kier molecular flexibility index (Phi) is 6.75. The molecule has 0 saturated heterocycles. The summed E-state index contributed by atoms with van der Waals surface area (Å²) in [6, 6.07) is 12.3. The highest BCUT2D eigenvalue weighted by atomic mass is 35.5. The Morgan fingerprint density at radius 1 is 1.07 bits per heavy atom. The number of rotatable bonds is 8. The lowest BCUT2D eigenvalue weighted by Crippen LogP contribution is -2.36. The van der Waals surface area contributed by atoms with Crippen molar-refractivity contribution in [3.8, 4) is 17.1 Å². The zero-order valence-electron chi connectivity index (χ0n) is 15.0. The van der Waals surface area contributed by atoms with Crippen molar-refractivity contribution in [1.29, 1.82) is 0 Å². The zero-order valence-corrected chi connectivity index (χ0v) is 15.8. The molecule has 150 valence electrons. The first-order valence-electron chi connectivity index (χ1n) is 8.55. The van der Waals surface area contributed by atoms with Crippen LogP contribution in [0.2, 0.25) is 5.02 Å². The third kappa shape index (κ3) is 5.76. The highest BCUT2D eigenvalue weighted by Crippen LogP contribution is 2.22. The highest BCUT2D eigenvalue weighted by molar-refractivity contribution is 6.32. The Balaban J connectivity index is 1.39. The van der Waals surface area contributed by atoms with Crippen LogP contribution in [0.4, 0.5) is 4.39 Å². The number of nitrogens with one attached hydrogen (secondary N) is 2. The number of carbonyl (C=O) groups is 2. The second-order valence-electron chi connectivity index (χ2n) is 5.75. The topological polar surface area (TPSA) is 106 Å². The Labute approximate surface area is 170 Å². The van der Waals surface area contributed by atoms with Gasteiger partial charge in [-0.15, -0.1) is 0 Å². The molecule has 1 aromatic heterocycles. The van der Waals surface area contributed by atoms with Gasteiger partial charge in [0, 0.05) is 18.7 Å². The van der Waals surface area contributed by atoms with Crippen LogP contribution < -0.4 is 15.4 Å².